The van der Waals surface area contributed by atoms with Crippen LogP contribution in [0.4, 0.5) is 0 Å². The van der Waals surface area contributed by atoms with Crippen molar-refractivity contribution in [2.45, 2.75) is 23.9 Å². The molecule has 1 aromatic heterocycles. The quantitative estimate of drug-likeness (QED) is 0.230. The third-order valence-corrected chi connectivity index (χ3v) is 6.90. The molecule has 0 atom stereocenters. The number of hydrazone groups is 1. The van der Waals surface area contributed by atoms with Gasteiger partial charge in [-0.05, 0) is 49.2 Å². The van der Waals surface area contributed by atoms with E-state index in [1.807, 2.05) is 80.6 Å². The first-order valence-electron chi connectivity index (χ1n) is 9.57. The number of aromatic nitrogens is 1. The van der Waals surface area contributed by atoms with E-state index in [-0.39, 0.29) is 5.91 Å². The predicted molar refractivity (Wildman–Crippen MR) is 126 cm³/mol. The first kappa shape index (κ1) is 20.3. The molecule has 0 radical (unpaired) electrons. The molecule has 1 N–H and O–H groups in total. The first-order valence-corrected chi connectivity index (χ1v) is 11.4. The molecule has 0 fully saturated rings. The topological polar surface area (TPSA) is 54.4 Å². The molecule has 1 amide bonds. The summed E-state index contributed by atoms with van der Waals surface area (Å²) in [5.74, 6) is 0.596. The standard InChI is InChI=1S/C24H21N3OS2/c1-16-7-11-19(12-8-16)17(2)26-27-23(28)20-13-9-18(10-14-20)15-29-24-25-21-5-3-4-6-22(21)30-24/h3-14H,15H2,1-2H3,(H,27,28)/b26-17+. The lowest BCUT2D eigenvalue weighted by Gasteiger charge is -2.05. The molecule has 150 valence electrons. The third-order valence-electron chi connectivity index (χ3n) is 4.65. The van der Waals surface area contributed by atoms with Crippen LogP contribution in [0.1, 0.15) is 34.0 Å². The number of carbonyl (C=O) groups excluding carboxylic acids is 1. The molecule has 0 saturated carbocycles. The van der Waals surface area contributed by atoms with Gasteiger partial charge in [0.05, 0.1) is 15.9 Å². The van der Waals surface area contributed by atoms with E-state index in [4.69, 9.17) is 0 Å². The number of nitrogens with zero attached hydrogens (tertiary/aromatic N) is 2. The van der Waals surface area contributed by atoms with Crippen LogP contribution in [0.5, 0.6) is 0 Å². The van der Waals surface area contributed by atoms with Gasteiger partial charge in [-0.15, -0.1) is 11.3 Å². The summed E-state index contributed by atoms with van der Waals surface area (Å²) in [5, 5.41) is 4.23. The summed E-state index contributed by atoms with van der Waals surface area (Å²) in [5.41, 5.74) is 8.37. The van der Waals surface area contributed by atoms with Gasteiger partial charge in [0.25, 0.3) is 5.91 Å². The average molecular weight is 432 g/mol. The van der Waals surface area contributed by atoms with Gasteiger partial charge in [-0.2, -0.15) is 5.10 Å². The summed E-state index contributed by atoms with van der Waals surface area (Å²) in [6.07, 6.45) is 0. The zero-order chi connectivity index (χ0) is 20.9. The number of thiazole rings is 1. The van der Waals surface area contributed by atoms with Crippen molar-refractivity contribution in [3.63, 3.8) is 0 Å². The largest absolute Gasteiger partial charge is 0.271 e. The maximum absolute atomic E-state index is 12.4. The van der Waals surface area contributed by atoms with Gasteiger partial charge in [-0.3, -0.25) is 4.79 Å². The van der Waals surface area contributed by atoms with E-state index >= 15 is 0 Å². The summed E-state index contributed by atoms with van der Waals surface area (Å²) >= 11 is 3.42. The van der Waals surface area contributed by atoms with Gasteiger partial charge in [0, 0.05) is 11.3 Å². The van der Waals surface area contributed by atoms with Crippen LogP contribution in [0.3, 0.4) is 0 Å². The molecule has 4 aromatic rings. The van der Waals surface area contributed by atoms with Crippen LogP contribution in [0.2, 0.25) is 0 Å². The Kier molecular flexibility index (Phi) is 6.26. The van der Waals surface area contributed by atoms with Crippen molar-refractivity contribution in [3.05, 3.63) is 95.1 Å². The van der Waals surface area contributed by atoms with Gasteiger partial charge < -0.3 is 0 Å². The van der Waals surface area contributed by atoms with Crippen LogP contribution >= 0.6 is 23.1 Å². The fourth-order valence-electron chi connectivity index (χ4n) is 2.87. The molecule has 6 heteroatoms. The highest BCUT2D eigenvalue weighted by molar-refractivity contribution is 8.00. The second-order valence-electron chi connectivity index (χ2n) is 6.94. The Balaban J connectivity index is 1.34. The van der Waals surface area contributed by atoms with Crippen LogP contribution in [0.25, 0.3) is 10.2 Å². The Morgan fingerprint density at radius 1 is 1.00 bits per heavy atom. The van der Waals surface area contributed by atoms with Crippen molar-refractivity contribution in [2.75, 3.05) is 0 Å². The minimum absolute atomic E-state index is 0.216. The summed E-state index contributed by atoms with van der Waals surface area (Å²) in [6.45, 7) is 3.92. The van der Waals surface area contributed by atoms with E-state index in [0.29, 0.717) is 5.56 Å². The highest BCUT2D eigenvalue weighted by atomic mass is 32.2. The lowest BCUT2D eigenvalue weighted by molar-refractivity contribution is 0.0955. The monoisotopic (exact) mass is 431 g/mol. The highest BCUT2D eigenvalue weighted by Gasteiger charge is 2.07. The molecule has 3 aromatic carbocycles. The first-order chi connectivity index (χ1) is 14.6. The van der Waals surface area contributed by atoms with Crippen molar-refractivity contribution < 1.29 is 4.79 Å². The number of carbonyl (C=O) groups is 1. The Morgan fingerprint density at radius 2 is 1.70 bits per heavy atom. The Labute approximate surface area is 184 Å². The number of para-hydroxylation sites is 1. The molecule has 0 aliphatic heterocycles. The molecule has 0 aliphatic carbocycles. The van der Waals surface area contributed by atoms with E-state index in [1.165, 1.54) is 10.3 Å². The molecule has 0 saturated heterocycles. The van der Waals surface area contributed by atoms with E-state index in [0.717, 1.165) is 32.4 Å². The van der Waals surface area contributed by atoms with Crippen LogP contribution in [-0.2, 0) is 5.75 Å². The van der Waals surface area contributed by atoms with Gasteiger partial charge in [-0.1, -0.05) is 65.9 Å². The molecule has 1 heterocycles. The number of hydrogen-bond acceptors (Lipinski definition) is 5. The summed E-state index contributed by atoms with van der Waals surface area (Å²) in [6, 6.07) is 23.8. The second kappa shape index (κ2) is 9.24. The smallest absolute Gasteiger partial charge is 0.267 e. The van der Waals surface area contributed by atoms with Crippen molar-refractivity contribution in [1.29, 1.82) is 0 Å². The predicted octanol–water partition coefficient (Wildman–Crippen LogP) is 6.05. The van der Waals surface area contributed by atoms with E-state index < -0.39 is 0 Å². The zero-order valence-corrected chi connectivity index (χ0v) is 18.4. The van der Waals surface area contributed by atoms with Crippen molar-refractivity contribution in [3.8, 4) is 0 Å². The van der Waals surface area contributed by atoms with Crippen LogP contribution in [0.15, 0.2) is 82.2 Å². The molecule has 0 unspecified atom stereocenters. The lowest BCUT2D eigenvalue weighted by atomic mass is 10.1. The van der Waals surface area contributed by atoms with E-state index in [2.05, 4.69) is 21.6 Å². The minimum Gasteiger partial charge on any atom is -0.267 e. The summed E-state index contributed by atoms with van der Waals surface area (Å²) in [4.78, 5) is 17.0. The number of aryl methyl sites for hydroxylation is 1. The van der Waals surface area contributed by atoms with Crippen molar-refractivity contribution >= 4 is 44.9 Å². The summed E-state index contributed by atoms with van der Waals surface area (Å²) < 4.78 is 2.26. The number of benzene rings is 3. The van der Waals surface area contributed by atoms with Crippen LogP contribution in [-0.4, -0.2) is 16.6 Å². The van der Waals surface area contributed by atoms with Gasteiger partial charge >= 0.3 is 0 Å². The summed E-state index contributed by atoms with van der Waals surface area (Å²) in [7, 11) is 0. The fraction of sp³-hybridized carbons (Fsp3) is 0.125. The number of rotatable bonds is 6. The number of nitrogens with one attached hydrogen (secondary N) is 1. The molecule has 4 nitrogen and oxygen atoms in total. The highest BCUT2D eigenvalue weighted by Crippen LogP contribution is 2.31. The molecule has 0 spiro atoms. The van der Waals surface area contributed by atoms with Crippen LogP contribution in [0, 0.1) is 6.92 Å². The van der Waals surface area contributed by atoms with Crippen molar-refractivity contribution in [2.24, 2.45) is 5.10 Å². The lowest BCUT2D eigenvalue weighted by Crippen LogP contribution is -2.19. The maximum atomic E-state index is 12.4. The van der Waals surface area contributed by atoms with Gasteiger partial charge in [-0.25, -0.2) is 10.4 Å². The third kappa shape index (κ3) is 4.96. The van der Waals surface area contributed by atoms with Gasteiger partial charge in [0.1, 0.15) is 0 Å². The molecule has 30 heavy (non-hydrogen) atoms. The van der Waals surface area contributed by atoms with E-state index in [9.17, 15) is 4.79 Å². The van der Waals surface area contributed by atoms with Crippen molar-refractivity contribution in [1.82, 2.24) is 10.4 Å². The normalized spacial score (nSPS) is 11.6. The fourth-order valence-corrected chi connectivity index (χ4v) is 4.89. The Bertz CT molecular complexity index is 1160. The Hall–Kier alpha value is -2.96. The number of amides is 1. The van der Waals surface area contributed by atoms with Gasteiger partial charge in [0.2, 0.25) is 0 Å². The van der Waals surface area contributed by atoms with E-state index in [1.54, 1.807) is 23.1 Å². The number of hydrogen-bond donors (Lipinski definition) is 1. The molecular formula is C24H21N3OS2. The zero-order valence-electron chi connectivity index (χ0n) is 16.8. The second-order valence-corrected chi connectivity index (χ2v) is 9.19. The van der Waals surface area contributed by atoms with Gasteiger partial charge in [0.15, 0.2) is 4.34 Å². The molecule has 0 aliphatic rings. The van der Waals surface area contributed by atoms with Crippen LogP contribution < -0.4 is 5.43 Å². The number of fused-ring (bicyclic) bond motifs is 1. The minimum atomic E-state index is -0.216. The average Bonchev–Trinajstić information content (AvgIpc) is 3.20. The SMILES string of the molecule is C/C(=N\NC(=O)c1ccc(CSc2nc3ccccc3s2)cc1)c1ccc(C)cc1. The molecule has 4 rings (SSSR count). The maximum Gasteiger partial charge on any atom is 0.271 e. The Morgan fingerprint density at radius 3 is 2.43 bits per heavy atom. The molecule has 0 bridgehead atoms. The molecular weight excluding hydrogens is 410 g/mol. The number of thioether (sulfide) groups is 1.